The van der Waals surface area contributed by atoms with E-state index in [0.29, 0.717) is 9.94 Å². The molecule has 1 aromatic carbocycles. The van der Waals surface area contributed by atoms with Crippen molar-refractivity contribution in [2.45, 2.75) is 13.0 Å². The van der Waals surface area contributed by atoms with Gasteiger partial charge in [-0.1, -0.05) is 18.2 Å². The van der Waals surface area contributed by atoms with Crippen molar-refractivity contribution in [3.8, 4) is 5.75 Å². The molecule has 0 spiro atoms. The highest BCUT2D eigenvalue weighted by Gasteiger charge is 2.24. The van der Waals surface area contributed by atoms with Gasteiger partial charge in [0.1, 0.15) is 11.8 Å². The first kappa shape index (κ1) is 13.0. The minimum absolute atomic E-state index is 0.384. The van der Waals surface area contributed by atoms with Crippen LogP contribution in [-0.2, 0) is 9.36 Å². The van der Waals surface area contributed by atoms with Crippen molar-refractivity contribution in [1.29, 1.82) is 0 Å². The first-order valence-corrected chi connectivity index (χ1v) is 6.07. The predicted octanol–water partition coefficient (Wildman–Crippen LogP) is 2.38. The molecule has 1 N–H and O–H groups in total. The summed E-state index contributed by atoms with van der Waals surface area (Å²) in [4.78, 5) is 10.6. The Hall–Kier alpha value is -1.03. The highest BCUT2D eigenvalue weighted by atomic mass is 35.5. The van der Waals surface area contributed by atoms with Crippen molar-refractivity contribution in [2.24, 2.45) is 0 Å². The van der Waals surface area contributed by atoms with Gasteiger partial charge in [0.25, 0.3) is 0 Å². The van der Waals surface area contributed by atoms with E-state index in [1.54, 1.807) is 30.3 Å². The molecule has 7 heteroatoms. The van der Waals surface area contributed by atoms with Gasteiger partial charge in [0.2, 0.25) is 0 Å². The monoisotopic (exact) mass is 263 g/mol. The fourth-order valence-electron chi connectivity index (χ4n) is 0.888. The van der Waals surface area contributed by atoms with Gasteiger partial charge < -0.3 is 9.63 Å². The molecule has 0 saturated heterocycles. The van der Waals surface area contributed by atoms with Crippen LogP contribution in [0.2, 0.25) is 0 Å². The minimum atomic E-state index is -2.80. The first-order chi connectivity index (χ1) is 7.52. The van der Waals surface area contributed by atoms with E-state index < -0.39 is 20.2 Å². The maximum atomic E-state index is 11.6. The zero-order valence-corrected chi connectivity index (χ0v) is 10.2. The average molecular weight is 264 g/mol. The van der Waals surface area contributed by atoms with Crippen LogP contribution in [0.5, 0.6) is 5.75 Å². The summed E-state index contributed by atoms with van der Waals surface area (Å²) in [5.74, 6) is -0.778. The standard InChI is InChI=1S/C9H11ClNO4P/c1-7(9(12)13)11(10)16(14)15-8-5-3-2-4-6-8/h2-7,16H,1H3,(H,12,13). The van der Waals surface area contributed by atoms with Crippen molar-refractivity contribution < 1.29 is 19.0 Å². The van der Waals surface area contributed by atoms with Crippen molar-refractivity contribution in [3.63, 3.8) is 0 Å². The molecule has 0 bridgehead atoms. The van der Waals surface area contributed by atoms with E-state index in [9.17, 15) is 9.36 Å². The van der Waals surface area contributed by atoms with E-state index in [0.717, 1.165) is 0 Å². The molecule has 0 aromatic heterocycles. The van der Waals surface area contributed by atoms with Gasteiger partial charge in [-0.3, -0.25) is 9.36 Å². The lowest BCUT2D eigenvalue weighted by Gasteiger charge is -2.17. The molecule has 5 nitrogen and oxygen atoms in total. The Morgan fingerprint density at radius 3 is 2.56 bits per heavy atom. The van der Waals surface area contributed by atoms with Crippen LogP contribution in [0.15, 0.2) is 30.3 Å². The van der Waals surface area contributed by atoms with Gasteiger partial charge in [-0.2, -0.15) is 0 Å². The van der Waals surface area contributed by atoms with Crippen molar-refractivity contribution in [2.75, 3.05) is 0 Å². The third-order valence-electron chi connectivity index (χ3n) is 1.82. The van der Waals surface area contributed by atoms with Crippen LogP contribution in [-0.4, -0.2) is 21.3 Å². The number of carboxylic acids is 1. The van der Waals surface area contributed by atoms with E-state index in [2.05, 4.69) is 0 Å². The van der Waals surface area contributed by atoms with Crippen LogP contribution >= 0.6 is 20.0 Å². The van der Waals surface area contributed by atoms with Crippen LogP contribution in [0.25, 0.3) is 0 Å². The first-order valence-electron chi connectivity index (χ1n) is 4.47. The summed E-state index contributed by atoms with van der Waals surface area (Å²) in [6.07, 6.45) is 0. The van der Waals surface area contributed by atoms with Gasteiger partial charge in [-0.05, 0) is 30.8 Å². The minimum Gasteiger partial charge on any atom is -0.480 e. The molecule has 1 aromatic rings. The van der Waals surface area contributed by atoms with Crippen LogP contribution < -0.4 is 4.52 Å². The molecular weight excluding hydrogens is 253 g/mol. The molecule has 88 valence electrons. The highest BCUT2D eigenvalue weighted by molar-refractivity contribution is 7.38. The topological polar surface area (TPSA) is 66.8 Å². The molecule has 0 aliphatic heterocycles. The average Bonchev–Trinajstić information content (AvgIpc) is 2.28. The molecule has 0 aliphatic rings. The van der Waals surface area contributed by atoms with Crippen LogP contribution in [0.1, 0.15) is 6.92 Å². The summed E-state index contributed by atoms with van der Waals surface area (Å²) < 4.78 is 17.3. The lowest BCUT2D eigenvalue weighted by Crippen LogP contribution is -2.27. The number of benzene rings is 1. The Morgan fingerprint density at radius 1 is 1.50 bits per heavy atom. The smallest absolute Gasteiger partial charge is 0.322 e. The molecule has 0 saturated carbocycles. The summed E-state index contributed by atoms with van der Waals surface area (Å²) in [6, 6.07) is 7.35. The molecule has 0 heterocycles. The maximum Gasteiger partial charge on any atom is 0.322 e. The van der Waals surface area contributed by atoms with Gasteiger partial charge in [0.15, 0.2) is 0 Å². The molecule has 0 fully saturated rings. The van der Waals surface area contributed by atoms with E-state index in [1.165, 1.54) is 6.92 Å². The Labute approximate surface area is 98.6 Å². The number of para-hydroxylation sites is 1. The maximum absolute atomic E-state index is 11.6. The summed E-state index contributed by atoms with van der Waals surface area (Å²) in [7, 11) is -2.80. The van der Waals surface area contributed by atoms with Crippen LogP contribution in [0.3, 0.4) is 0 Å². The van der Waals surface area contributed by atoms with Crippen molar-refractivity contribution >= 4 is 25.9 Å². The number of rotatable bonds is 5. The normalized spacial score (nSPS) is 14.4. The summed E-state index contributed by atoms with van der Waals surface area (Å²) >= 11 is 5.59. The second kappa shape index (κ2) is 5.89. The van der Waals surface area contributed by atoms with Crippen LogP contribution in [0, 0.1) is 0 Å². The number of nitrogens with zero attached hydrogens (tertiary/aromatic N) is 1. The van der Waals surface area contributed by atoms with E-state index >= 15 is 0 Å². The molecular formula is C9H11ClNO4P. The zero-order valence-electron chi connectivity index (χ0n) is 8.46. The second-order valence-corrected chi connectivity index (χ2v) is 4.87. The Kier molecular flexibility index (Phi) is 4.80. The second-order valence-electron chi connectivity index (χ2n) is 3.01. The number of carbonyl (C=O) groups is 1. The van der Waals surface area contributed by atoms with E-state index in [4.69, 9.17) is 21.4 Å². The quantitative estimate of drug-likeness (QED) is 0.653. The van der Waals surface area contributed by atoms with Gasteiger partial charge >= 0.3 is 14.1 Å². The molecule has 0 aliphatic carbocycles. The van der Waals surface area contributed by atoms with Crippen molar-refractivity contribution in [3.05, 3.63) is 30.3 Å². The van der Waals surface area contributed by atoms with Gasteiger partial charge in [-0.15, -0.1) is 4.19 Å². The number of carboxylic acid groups (broad SMARTS) is 1. The number of hydrogen-bond acceptors (Lipinski definition) is 3. The van der Waals surface area contributed by atoms with Gasteiger partial charge in [0.05, 0.1) is 0 Å². The lowest BCUT2D eigenvalue weighted by atomic mass is 10.3. The Bertz CT molecular complexity index is 386. The number of halogens is 1. The molecule has 2 atom stereocenters. The molecule has 0 radical (unpaired) electrons. The summed E-state index contributed by atoms with van der Waals surface area (Å²) in [5, 5.41) is 8.66. The largest absolute Gasteiger partial charge is 0.480 e. The van der Waals surface area contributed by atoms with Gasteiger partial charge in [0, 0.05) is 0 Å². The highest BCUT2D eigenvalue weighted by Crippen LogP contribution is 2.34. The lowest BCUT2D eigenvalue weighted by molar-refractivity contribution is -0.139. The SMILES string of the molecule is CC(C(=O)O)N(Cl)[PH](=O)Oc1ccccc1. The van der Waals surface area contributed by atoms with E-state index in [-0.39, 0.29) is 0 Å². The molecule has 0 amide bonds. The molecule has 16 heavy (non-hydrogen) atoms. The summed E-state index contributed by atoms with van der Waals surface area (Å²) in [6.45, 7) is 1.33. The Morgan fingerprint density at radius 2 is 2.06 bits per heavy atom. The third-order valence-corrected chi connectivity index (χ3v) is 3.67. The molecule has 1 rings (SSSR count). The number of hydrogen-bond donors (Lipinski definition) is 1. The fourth-order valence-corrected chi connectivity index (χ4v) is 1.93. The van der Waals surface area contributed by atoms with E-state index in [1.807, 2.05) is 0 Å². The fraction of sp³-hybridized carbons (Fsp3) is 0.222. The van der Waals surface area contributed by atoms with Crippen LogP contribution in [0.4, 0.5) is 0 Å². The number of aliphatic carboxylic acids is 1. The predicted molar refractivity (Wildman–Crippen MR) is 60.9 cm³/mol. The van der Waals surface area contributed by atoms with Crippen molar-refractivity contribution in [1.82, 2.24) is 4.19 Å². The molecule has 2 unspecified atom stereocenters. The summed E-state index contributed by atoms with van der Waals surface area (Å²) in [5.41, 5.74) is 0. The third kappa shape index (κ3) is 3.52. The zero-order chi connectivity index (χ0) is 12.1. The Balaban J connectivity index is 2.63. The van der Waals surface area contributed by atoms with Gasteiger partial charge in [-0.25, -0.2) is 0 Å².